The Labute approximate surface area is 136 Å². The van der Waals surface area contributed by atoms with Crippen LogP contribution in [0.5, 0.6) is 0 Å². The number of aryl methyl sites for hydroxylation is 3. The summed E-state index contributed by atoms with van der Waals surface area (Å²) in [6.07, 6.45) is 4.55. The van der Waals surface area contributed by atoms with Crippen LogP contribution in [0.4, 0.5) is 0 Å². The minimum Gasteiger partial charge on any atom is -0.395 e. The van der Waals surface area contributed by atoms with E-state index in [1.807, 2.05) is 37.7 Å². The molecule has 0 fully saturated rings. The highest BCUT2D eigenvalue weighted by molar-refractivity contribution is 5.76. The van der Waals surface area contributed by atoms with Crippen molar-refractivity contribution in [2.75, 3.05) is 13.2 Å². The summed E-state index contributed by atoms with van der Waals surface area (Å²) in [5.41, 5.74) is 4.12. The van der Waals surface area contributed by atoms with Gasteiger partial charge in [0.05, 0.1) is 12.3 Å². The highest BCUT2D eigenvalue weighted by atomic mass is 16.3. The predicted octanol–water partition coefficient (Wildman–Crippen LogP) is 1.39. The number of aliphatic hydroxyl groups is 1. The Hall–Kier alpha value is -2.21. The Morgan fingerprint density at radius 3 is 2.57 bits per heavy atom. The van der Waals surface area contributed by atoms with E-state index in [0.717, 1.165) is 22.5 Å². The van der Waals surface area contributed by atoms with Gasteiger partial charge in [0, 0.05) is 50.2 Å². The van der Waals surface area contributed by atoms with Crippen molar-refractivity contribution in [1.29, 1.82) is 0 Å². The van der Waals surface area contributed by atoms with Crippen LogP contribution in [0, 0.1) is 13.8 Å². The molecule has 2 aromatic heterocycles. The molecule has 0 unspecified atom stereocenters. The monoisotopic (exact) mass is 316 g/mol. The molecule has 1 amide bonds. The summed E-state index contributed by atoms with van der Waals surface area (Å²) in [6, 6.07) is 3.83. The van der Waals surface area contributed by atoms with Gasteiger partial charge >= 0.3 is 0 Å². The zero-order chi connectivity index (χ0) is 16.8. The number of pyridine rings is 1. The van der Waals surface area contributed by atoms with E-state index in [-0.39, 0.29) is 12.5 Å². The number of hydrogen-bond donors (Lipinski definition) is 1. The standard InChI is InChI=1S/C17H24N4O2/c1-13-16(14(2)20(3)19-13)12-21(10-11-22)17(23)5-4-15-6-8-18-9-7-15/h6-9,22H,4-5,10-12H2,1-3H3. The molecule has 1 N–H and O–H groups in total. The van der Waals surface area contributed by atoms with Gasteiger partial charge in [-0.2, -0.15) is 5.10 Å². The first kappa shape index (κ1) is 17.1. The van der Waals surface area contributed by atoms with Crippen molar-refractivity contribution in [2.24, 2.45) is 7.05 Å². The molecule has 0 aliphatic heterocycles. The van der Waals surface area contributed by atoms with Gasteiger partial charge < -0.3 is 10.0 Å². The first-order chi connectivity index (χ1) is 11.0. The minimum absolute atomic E-state index is 0.0403. The molecule has 0 aromatic carbocycles. The molecule has 2 aromatic rings. The molecule has 23 heavy (non-hydrogen) atoms. The lowest BCUT2D eigenvalue weighted by atomic mass is 10.1. The lowest BCUT2D eigenvalue weighted by Gasteiger charge is -2.22. The van der Waals surface area contributed by atoms with Crippen LogP contribution in [-0.2, 0) is 24.8 Å². The van der Waals surface area contributed by atoms with Crippen molar-refractivity contribution in [3.05, 3.63) is 47.0 Å². The van der Waals surface area contributed by atoms with E-state index < -0.39 is 0 Å². The summed E-state index contributed by atoms with van der Waals surface area (Å²) in [5, 5.41) is 13.7. The highest BCUT2D eigenvalue weighted by Crippen LogP contribution is 2.15. The Balaban J connectivity index is 2.03. The maximum Gasteiger partial charge on any atom is 0.223 e. The van der Waals surface area contributed by atoms with E-state index in [9.17, 15) is 9.90 Å². The third kappa shape index (κ3) is 4.39. The maximum atomic E-state index is 12.5. The molecule has 0 saturated carbocycles. The number of carbonyl (C=O) groups is 1. The molecule has 0 spiro atoms. The zero-order valence-electron chi connectivity index (χ0n) is 14.0. The van der Waals surface area contributed by atoms with Gasteiger partial charge in [-0.05, 0) is 38.0 Å². The average Bonchev–Trinajstić information content (AvgIpc) is 2.79. The zero-order valence-corrected chi connectivity index (χ0v) is 14.0. The SMILES string of the molecule is Cc1nn(C)c(C)c1CN(CCO)C(=O)CCc1ccncc1. The second kappa shape index (κ2) is 7.87. The van der Waals surface area contributed by atoms with Crippen LogP contribution in [0.2, 0.25) is 0 Å². The van der Waals surface area contributed by atoms with E-state index in [0.29, 0.717) is 25.9 Å². The molecular weight excluding hydrogens is 292 g/mol. The van der Waals surface area contributed by atoms with Gasteiger partial charge in [-0.15, -0.1) is 0 Å². The van der Waals surface area contributed by atoms with E-state index in [1.54, 1.807) is 17.3 Å². The van der Waals surface area contributed by atoms with Crippen molar-refractivity contribution in [3.8, 4) is 0 Å². The van der Waals surface area contributed by atoms with Gasteiger partial charge in [-0.1, -0.05) is 0 Å². The van der Waals surface area contributed by atoms with Gasteiger partial charge in [0.1, 0.15) is 0 Å². The first-order valence-corrected chi connectivity index (χ1v) is 7.79. The fraction of sp³-hybridized carbons (Fsp3) is 0.471. The van der Waals surface area contributed by atoms with Crippen molar-refractivity contribution in [1.82, 2.24) is 19.7 Å². The van der Waals surface area contributed by atoms with Gasteiger partial charge in [0.2, 0.25) is 5.91 Å². The highest BCUT2D eigenvalue weighted by Gasteiger charge is 2.18. The second-order valence-corrected chi connectivity index (χ2v) is 5.67. The number of amides is 1. The van der Waals surface area contributed by atoms with Gasteiger partial charge in [-0.25, -0.2) is 0 Å². The van der Waals surface area contributed by atoms with Crippen molar-refractivity contribution < 1.29 is 9.90 Å². The number of carbonyl (C=O) groups excluding carboxylic acids is 1. The molecule has 2 rings (SSSR count). The molecule has 0 bridgehead atoms. The third-order valence-electron chi connectivity index (χ3n) is 4.11. The third-order valence-corrected chi connectivity index (χ3v) is 4.11. The van der Waals surface area contributed by atoms with E-state index in [2.05, 4.69) is 10.1 Å². The number of hydrogen-bond acceptors (Lipinski definition) is 4. The smallest absolute Gasteiger partial charge is 0.223 e. The summed E-state index contributed by atoms with van der Waals surface area (Å²) in [7, 11) is 1.90. The molecule has 0 radical (unpaired) electrons. The number of nitrogens with zero attached hydrogens (tertiary/aromatic N) is 4. The fourth-order valence-corrected chi connectivity index (χ4v) is 2.61. The molecule has 2 heterocycles. The molecule has 6 nitrogen and oxygen atoms in total. The average molecular weight is 316 g/mol. The topological polar surface area (TPSA) is 71.2 Å². The largest absolute Gasteiger partial charge is 0.395 e. The Bertz CT molecular complexity index is 652. The number of rotatable bonds is 7. The number of aromatic nitrogens is 3. The molecule has 0 aliphatic carbocycles. The number of aliphatic hydroxyl groups excluding tert-OH is 1. The van der Waals surface area contributed by atoms with Crippen LogP contribution in [0.15, 0.2) is 24.5 Å². The van der Waals surface area contributed by atoms with E-state index in [1.165, 1.54) is 0 Å². The van der Waals surface area contributed by atoms with E-state index in [4.69, 9.17) is 0 Å². The first-order valence-electron chi connectivity index (χ1n) is 7.79. The Kier molecular flexibility index (Phi) is 5.87. The van der Waals surface area contributed by atoms with Crippen LogP contribution in [-0.4, -0.2) is 43.8 Å². The Morgan fingerprint density at radius 1 is 1.30 bits per heavy atom. The fourth-order valence-electron chi connectivity index (χ4n) is 2.61. The summed E-state index contributed by atoms with van der Waals surface area (Å²) in [6.45, 7) is 4.72. The normalized spacial score (nSPS) is 10.8. The van der Waals surface area contributed by atoms with Crippen molar-refractivity contribution in [2.45, 2.75) is 33.2 Å². The second-order valence-electron chi connectivity index (χ2n) is 5.67. The summed E-state index contributed by atoms with van der Waals surface area (Å²) in [4.78, 5) is 18.2. The van der Waals surface area contributed by atoms with Crippen LogP contribution in [0.25, 0.3) is 0 Å². The molecule has 124 valence electrons. The quantitative estimate of drug-likeness (QED) is 0.838. The van der Waals surface area contributed by atoms with Crippen LogP contribution >= 0.6 is 0 Å². The van der Waals surface area contributed by atoms with Gasteiger partial charge in [0.15, 0.2) is 0 Å². The molecule has 0 saturated heterocycles. The predicted molar refractivity (Wildman–Crippen MR) is 87.7 cm³/mol. The summed E-state index contributed by atoms with van der Waals surface area (Å²) < 4.78 is 1.82. The van der Waals surface area contributed by atoms with Crippen LogP contribution in [0.3, 0.4) is 0 Å². The minimum atomic E-state index is -0.0423. The lowest BCUT2D eigenvalue weighted by Crippen LogP contribution is -2.33. The molecular formula is C17H24N4O2. The van der Waals surface area contributed by atoms with Crippen molar-refractivity contribution in [3.63, 3.8) is 0 Å². The van der Waals surface area contributed by atoms with E-state index >= 15 is 0 Å². The van der Waals surface area contributed by atoms with Crippen molar-refractivity contribution >= 4 is 5.91 Å². The van der Waals surface area contributed by atoms with Crippen LogP contribution < -0.4 is 0 Å². The molecule has 0 atom stereocenters. The Morgan fingerprint density at radius 2 is 2.00 bits per heavy atom. The van der Waals surface area contributed by atoms with Gasteiger partial charge in [0.25, 0.3) is 0 Å². The lowest BCUT2D eigenvalue weighted by molar-refractivity contribution is -0.132. The summed E-state index contributed by atoms with van der Waals surface area (Å²) >= 11 is 0. The van der Waals surface area contributed by atoms with Gasteiger partial charge in [-0.3, -0.25) is 14.5 Å². The molecule has 6 heteroatoms. The molecule has 0 aliphatic rings. The summed E-state index contributed by atoms with van der Waals surface area (Å²) in [5.74, 6) is 0.0403. The maximum absolute atomic E-state index is 12.5. The van der Waals surface area contributed by atoms with Crippen LogP contribution in [0.1, 0.15) is 28.9 Å².